The highest BCUT2D eigenvalue weighted by atomic mass is 19.1. The molecule has 0 amide bonds. The Balaban J connectivity index is 2.10. The molecule has 0 saturated heterocycles. The van der Waals surface area contributed by atoms with E-state index in [1.807, 2.05) is 25.1 Å². The largest absolute Gasteiger partial charge is 0.262 e. The van der Waals surface area contributed by atoms with Gasteiger partial charge in [0, 0.05) is 17.5 Å². The molecular formula is C15H12FN3. The van der Waals surface area contributed by atoms with E-state index in [4.69, 9.17) is 0 Å². The Labute approximate surface area is 110 Å². The lowest BCUT2D eigenvalue weighted by molar-refractivity contribution is 0.627. The number of aryl methyl sites for hydroxylation is 1. The normalized spacial score (nSPS) is 10.6. The van der Waals surface area contributed by atoms with Gasteiger partial charge >= 0.3 is 0 Å². The van der Waals surface area contributed by atoms with Crippen LogP contribution in [-0.2, 0) is 0 Å². The molecule has 0 aliphatic heterocycles. The van der Waals surface area contributed by atoms with Crippen LogP contribution in [0.5, 0.6) is 0 Å². The standard InChI is InChI=1S/C15H12FN3/c1-11-10-12(6-8-17-11)15-7-9-18-19(15)14-4-2-13(16)3-5-14/h2-10H,1H3. The summed E-state index contributed by atoms with van der Waals surface area (Å²) in [5.41, 5.74) is 3.77. The highest BCUT2D eigenvalue weighted by molar-refractivity contribution is 5.61. The van der Waals surface area contributed by atoms with Gasteiger partial charge in [-0.1, -0.05) is 0 Å². The summed E-state index contributed by atoms with van der Waals surface area (Å²) in [5, 5.41) is 4.30. The Morgan fingerprint density at radius 3 is 2.53 bits per heavy atom. The molecule has 2 aromatic heterocycles. The Morgan fingerprint density at radius 2 is 1.79 bits per heavy atom. The van der Waals surface area contributed by atoms with Gasteiger partial charge < -0.3 is 0 Å². The quantitative estimate of drug-likeness (QED) is 0.701. The third-order valence-corrected chi connectivity index (χ3v) is 2.91. The van der Waals surface area contributed by atoms with Crippen LogP contribution in [-0.4, -0.2) is 14.8 Å². The van der Waals surface area contributed by atoms with Gasteiger partial charge in [0.2, 0.25) is 0 Å². The van der Waals surface area contributed by atoms with Crippen molar-refractivity contribution in [3.63, 3.8) is 0 Å². The van der Waals surface area contributed by atoms with Crippen molar-refractivity contribution in [2.75, 3.05) is 0 Å². The molecule has 3 nitrogen and oxygen atoms in total. The van der Waals surface area contributed by atoms with Gasteiger partial charge in [0.1, 0.15) is 5.82 Å². The maximum Gasteiger partial charge on any atom is 0.123 e. The summed E-state index contributed by atoms with van der Waals surface area (Å²) >= 11 is 0. The van der Waals surface area contributed by atoms with Crippen molar-refractivity contribution in [2.24, 2.45) is 0 Å². The monoisotopic (exact) mass is 253 g/mol. The first-order chi connectivity index (χ1) is 9.24. The van der Waals surface area contributed by atoms with E-state index in [-0.39, 0.29) is 5.82 Å². The topological polar surface area (TPSA) is 30.7 Å². The second-order valence-electron chi connectivity index (χ2n) is 4.29. The molecule has 4 heteroatoms. The molecule has 3 aromatic rings. The van der Waals surface area contributed by atoms with Crippen LogP contribution in [0.2, 0.25) is 0 Å². The summed E-state index contributed by atoms with van der Waals surface area (Å²) in [6.07, 6.45) is 3.50. The molecule has 0 unspecified atom stereocenters. The molecule has 0 saturated carbocycles. The molecule has 0 fully saturated rings. The van der Waals surface area contributed by atoms with E-state index in [0.29, 0.717) is 0 Å². The summed E-state index contributed by atoms with van der Waals surface area (Å²) in [5.74, 6) is -0.253. The van der Waals surface area contributed by atoms with E-state index >= 15 is 0 Å². The Kier molecular flexibility index (Phi) is 2.83. The fourth-order valence-corrected chi connectivity index (χ4v) is 2.01. The molecule has 19 heavy (non-hydrogen) atoms. The average Bonchev–Trinajstić information content (AvgIpc) is 2.89. The predicted octanol–water partition coefficient (Wildman–Crippen LogP) is 3.38. The number of halogens is 1. The lowest BCUT2D eigenvalue weighted by Gasteiger charge is -2.08. The summed E-state index contributed by atoms with van der Waals surface area (Å²) in [6.45, 7) is 1.95. The van der Waals surface area contributed by atoms with Crippen LogP contribution in [0.1, 0.15) is 5.69 Å². The summed E-state index contributed by atoms with van der Waals surface area (Å²) in [6, 6.07) is 12.1. The molecule has 0 atom stereocenters. The number of pyridine rings is 1. The fourth-order valence-electron chi connectivity index (χ4n) is 2.01. The van der Waals surface area contributed by atoms with E-state index in [9.17, 15) is 4.39 Å². The number of aromatic nitrogens is 3. The summed E-state index contributed by atoms with van der Waals surface area (Å²) in [4.78, 5) is 4.18. The zero-order chi connectivity index (χ0) is 13.2. The molecule has 0 bridgehead atoms. The van der Waals surface area contributed by atoms with Gasteiger partial charge in [0.25, 0.3) is 0 Å². The minimum absolute atomic E-state index is 0.253. The van der Waals surface area contributed by atoms with Crippen molar-refractivity contribution in [3.8, 4) is 16.9 Å². The van der Waals surface area contributed by atoms with Crippen molar-refractivity contribution in [3.05, 3.63) is 66.4 Å². The fraction of sp³-hybridized carbons (Fsp3) is 0.0667. The minimum Gasteiger partial charge on any atom is -0.262 e. The zero-order valence-electron chi connectivity index (χ0n) is 10.4. The Morgan fingerprint density at radius 1 is 1.00 bits per heavy atom. The van der Waals surface area contributed by atoms with Crippen LogP contribution in [0.4, 0.5) is 4.39 Å². The van der Waals surface area contributed by atoms with Crippen molar-refractivity contribution in [1.82, 2.24) is 14.8 Å². The maximum absolute atomic E-state index is 13.0. The van der Waals surface area contributed by atoms with Gasteiger partial charge in [-0.15, -0.1) is 0 Å². The number of rotatable bonds is 2. The van der Waals surface area contributed by atoms with Crippen molar-refractivity contribution < 1.29 is 4.39 Å². The second-order valence-corrected chi connectivity index (χ2v) is 4.29. The maximum atomic E-state index is 13.0. The molecule has 3 rings (SSSR count). The number of nitrogens with zero attached hydrogens (tertiary/aromatic N) is 3. The molecule has 0 spiro atoms. The van der Waals surface area contributed by atoms with Crippen LogP contribution >= 0.6 is 0 Å². The van der Waals surface area contributed by atoms with E-state index in [1.54, 1.807) is 29.2 Å². The lowest BCUT2D eigenvalue weighted by atomic mass is 10.1. The Hall–Kier alpha value is -2.49. The van der Waals surface area contributed by atoms with E-state index < -0.39 is 0 Å². The van der Waals surface area contributed by atoms with Crippen molar-refractivity contribution >= 4 is 0 Å². The molecule has 0 N–H and O–H groups in total. The van der Waals surface area contributed by atoms with Gasteiger partial charge in [0.05, 0.1) is 17.6 Å². The first kappa shape index (κ1) is 11.6. The smallest absolute Gasteiger partial charge is 0.123 e. The lowest BCUT2D eigenvalue weighted by Crippen LogP contribution is -1.99. The van der Waals surface area contributed by atoms with Gasteiger partial charge in [-0.2, -0.15) is 5.10 Å². The van der Waals surface area contributed by atoms with Crippen LogP contribution in [0.15, 0.2) is 54.9 Å². The number of benzene rings is 1. The van der Waals surface area contributed by atoms with Gasteiger partial charge in [-0.3, -0.25) is 4.98 Å². The van der Waals surface area contributed by atoms with Crippen molar-refractivity contribution in [1.29, 1.82) is 0 Å². The highest BCUT2D eigenvalue weighted by Gasteiger charge is 2.07. The van der Waals surface area contributed by atoms with E-state index in [0.717, 1.165) is 22.6 Å². The van der Waals surface area contributed by atoms with Crippen LogP contribution in [0.25, 0.3) is 16.9 Å². The van der Waals surface area contributed by atoms with Crippen molar-refractivity contribution in [2.45, 2.75) is 6.92 Å². The molecule has 2 heterocycles. The third-order valence-electron chi connectivity index (χ3n) is 2.91. The minimum atomic E-state index is -0.253. The first-order valence-electron chi connectivity index (χ1n) is 5.97. The molecule has 0 aliphatic carbocycles. The zero-order valence-corrected chi connectivity index (χ0v) is 10.4. The first-order valence-corrected chi connectivity index (χ1v) is 5.97. The van der Waals surface area contributed by atoms with Gasteiger partial charge in [0.15, 0.2) is 0 Å². The second kappa shape index (κ2) is 4.65. The summed E-state index contributed by atoms with van der Waals surface area (Å²) < 4.78 is 14.8. The molecular weight excluding hydrogens is 241 g/mol. The summed E-state index contributed by atoms with van der Waals surface area (Å²) in [7, 11) is 0. The van der Waals surface area contributed by atoms with Crippen LogP contribution in [0.3, 0.4) is 0 Å². The van der Waals surface area contributed by atoms with Crippen LogP contribution in [0, 0.1) is 12.7 Å². The van der Waals surface area contributed by atoms with E-state index in [2.05, 4.69) is 10.1 Å². The van der Waals surface area contributed by atoms with Gasteiger partial charge in [-0.05, 0) is 49.4 Å². The van der Waals surface area contributed by atoms with Gasteiger partial charge in [-0.25, -0.2) is 9.07 Å². The van der Waals surface area contributed by atoms with E-state index in [1.165, 1.54) is 12.1 Å². The molecule has 1 aromatic carbocycles. The SMILES string of the molecule is Cc1cc(-c2ccnn2-c2ccc(F)cc2)ccn1. The highest BCUT2D eigenvalue weighted by Crippen LogP contribution is 2.22. The Bertz CT molecular complexity index is 701. The predicted molar refractivity (Wildman–Crippen MR) is 71.5 cm³/mol. The molecule has 0 aliphatic rings. The number of hydrogen-bond donors (Lipinski definition) is 0. The molecule has 0 radical (unpaired) electrons. The third kappa shape index (κ3) is 2.25. The van der Waals surface area contributed by atoms with Crippen LogP contribution < -0.4 is 0 Å². The molecule has 94 valence electrons. The average molecular weight is 253 g/mol. The number of hydrogen-bond acceptors (Lipinski definition) is 2.